The van der Waals surface area contributed by atoms with Crippen molar-refractivity contribution in [3.05, 3.63) is 58.7 Å². The number of anilines is 1. The van der Waals surface area contributed by atoms with Crippen LogP contribution in [0.4, 0.5) is 5.82 Å². The summed E-state index contributed by atoms with van der Waals surface area (Å²) < 4.78 is 10.6. The van der Waals surface area contributed by atoms with Crippen LogP contribution in [0.1, 0.15) is 27.0 Å². The molecule has 7 nitrogen and oxygen atoms in total. The fourth-order valence-electron chi connectivity index (χ4n) is 4.03. The van der Waals surface area contributed by atoms with Crippen LogP contribution in [0.2, 0.25) is 0 Å². The molecular formula is C25H26N4O3. The first-order chi connectivity index (χ1) is 15.4. The number of pyridine rings is 1. The van der Waals surface area contributed by atoms with E-state index in [2.05, 4.69) is 30.9 Å². The Morgan fingerprint density at radius 3 is 2.25 bits per heavy atom. The lowest BCUT2D eigenvalue weighted by Gasteiger charge is -2.36. The van der Waals surface area contributed by atoms with Crippen LogP contribution in [0.3, 0.4) is 0 Å². The average Bonchev–Trinajstić information content (AvgIpc) is 2.84. The number of aromatic nitrogens is 1. The molecule has 0 radical (unpaired) electrons. The second-order valence-electron chi connectivity index (χ2n) is 7.93. The predicted octanol–water partition coefficient (Wildman–Crippen LogP) is 3.70. The molecule has 2 heterocycles. The minimum atomic E-state index is -0.0692. The van der Waals surface area contributed by atoms with Crippen LogP contribution in [0.25, 0.3) is 10.9 Å². The fraction of sp³-hybridized carbons (Fsp3) is 0.320. The number of ether oxygens (including phenoxy) is 2. The van der Waals surface area contributed by atoms with Gasteiger partial charge in [0, 0.05) is 43.2 Å². The van der Waals surface area contributed by atoms with Gasteiger partial charge in [0.05, 0.1) is 25.3 Å². The second-order valence-corrected chi connectivity index (χ2v) is 7.93. The standard InChI is InChI=1S/C25H26N4O3/c1-16-5-6-18-11-20(15-26)24(27-23(18)17(16)2)28-7-9-29(10-8-28)25(30)19-12-21(31-3)14-22(13-19)32-4/h5-6,11-14H,7-10H2,1-4H3. The van der Waals surface area contributed by atoms with Crippen LogP contribution in [-0.2, 0) is 0 Å². The quantitative estimate of drug-likeness (QED) is 0.628. The molecule has 7 heteroatoms. The van der Waals surface area contributed by atoms with Gasteiger partial charge in [-0.3, -0.25) is 4.79 Å². The molecule has 4 rings (SSSR count). The summed E-state index contributed by atoms with van der Waals surface area (Å²) in [6.45, 7) is 6.40. The molecule has 1 fully saturated rings. The summed E-state index contributed by atoms with van der Waals surface area (Å²) in [5.74, 6) is 1.77. The molecule has 1 saturated heterocycles. The highest BCUT2D eigenvalue weighted by Gasteiger charge is 2.25. The van der Waals surface area contributed by atoms with Gasteiger partial charge in [0.1, 0.15) is 23.4 Å². The Hall–Kier alpha value is -3.79. The lowest BCUT2D eigenvalue weighted by Crippen LogP contribution is -2.49. The fourth-order valence-corrected chi connectivity index (χ4v) is 4.03. The van der Waals surface area contributed by atoms with E-state index in [0.717, 1.165) is 16.5 Å². The van der Waals surface area contributed by atoms with E-state index in [1.54, 1.807) is 32.4 Å². The Morgan fingerprint density at radius 1 is 1.00 bits per heavy atom. The third-order valence-electron chi connectivity index (χ3n) is 6.08. The number of hydrogen-bond donors (Lipinski definition) is 0. The Balaban J connectivity index is 1.56. The molecule has 32 heavy (non-hydrogen) atoms. The summed E-state index contributed by atoms with van der Waals surface area (Å²) in [6.07, 6.45) is 0. The van der Waals surface area contributed by atoms with E-state index in [1.165, 1.54) is 5.56 Å². The number of carbonyl (C=O) groups excluding carboxylic acids is 1. The molecule has 0 atom stereocenters. The summed E-state index contributed by atoms with van der Waals surface area (Å²) in [4.78, 5) is 21.9. The third kappa shape index (κ3) is 3.92. The van der Waals surface area contributed by atoms with E-state index in [4.69, 9.17) is 14.5 Å². The van der Waals surface area contributed by atoms with Crippen LogP contribution in [0.15, 0.2) is 36.4 Å². The van der Waals surface area contributed by atoms with E-state index in [1.807, 2.05) is 17.0 Å². The van der Waals surface area contributed by atoms with Crippen LogP contribution < -0.4 is 14.4 Å². The van der Waals surface area contributed by atoms with Crippen LogP contribution in [0, 0.1) is 25.2 Å². The number of methoxy groups -OCH3 is 2. The number of rotatable bonds is 4. The molecule has 0 N–H and O–H groups in total. The smallest absolute Gasteiger partial charge is 0.254 e. The minimum Gasteiger partial charge on any atom is -0.497 e. The Labute approximate surface area is 187 Å². The first-order valence-electron chi connectivity index (χ1n) is 10.5. The van der Waals surface area contributed by atoms with Gasteiger partial charge in [0.15, 0.2) is 0 Å². The number of aryl methyl sites for hydroxylation is 2. The Bertz CT molecular complexity index is 1200. The summed E-state index contributed by atoms with van der Waals surface area (Å²) in [5.41, 5.74) is 4.29. The van der Waals surface area contributed by atoms with E-state index in [9.17, 15) is 10.1 Å². The van der Waals surface area contributed by atoms with Crippen LogP contribution in [0.5, 0.6) is 11.5 Å². The molecule has 0 unspecified atom stereocenters. The molecule has 1 amide bonds. The molecule has 164 valence electrons. The maximum absolute atomic E-state index is 13.1. The molecule has 0 bridgehead atoms. The van der Waals surface area contributed by atoms with Crippen molar-refractivity contribution in [3.63, 3.8) is 0 Å². The molecule has 3 aromatic rings. The lowest BCUT2D eigenvalue weighted by atomic mass is 10.0. The van der Waals surface area contributed by atoms with E-state index in [-0.39, 0.29) is 5.91 Å². The van der Waals surface area contributed by atoms with E-state index in [0.29, 0.717) is 54.6 Å². The van der Waals surface area contributed by atoms with Crippen molar-refractivity contribution in [2.24, 2.45) is 0 Å². The maximum atomic E-state index is 13.1. The van der Waals surface area contributed by atoms with Gasteiger partial charge in [-0.25, -0.2) is 4.98 Å². The molecule has 0 spiro atoms. The highest BCUT2D eigenvalue weighted by Crippen LogP contribution is 2.28. The van der Waals surface area contributed by atoms with Gasteiger partial charge < -0.3 is 19.3 Å². The van der Waals surface area contributed by atoms with Gasteiger partial charge >= 0.3 is 0 Å². The maximum Gasteiger partial charge on any atom is 0.254 e. The van der Waals surface area contributed by atoms with Crippen molar-refractivity contribution in [1.82, 2.24) is 9.88 Å². The largest absolute Gasteiger partial charge is 0.497 e. The molecule has 0 aliphatic carbocycles. The number of hydrogen-bond acceptors (Lipinski definition) is 6. The van der Waals surface area contributed by atoms with Gasteiger partial charge in [-0.05, 0) is 43.2 Å². The van der Waals surface area contributed by atoms with E-state index >= 15 is 0 Å². The summed E-state index contributed by atoms with van der Waals surface area (Å²) in [6, 6.07) is 13.5. The first-order valence-corrected chi connectivity index (χ1v) is 10.5. The SMILES string of the molecule is COc1cc(OC)cc(C(=O)N2CCN(c3nc4c(C)c(C)ccc4cc3C#N)CC2)c1. The monoisotopic (exact) mass is 430 g/mol. The number of fused-ring (bicyclic) bond motifs is 1. The average molecular weight is 431 g/mol. The first kappa shape index (κ1) is 21.4. The number of amides is 1. The summed E-state index contributed by atoms with van der Waals surface area (Å²) >= 11 is 0. The number of nitriles is 1. The zero-order valence-electron chi connectivity index (χ0n) is 18.8. The molecule has 1 aromatic heterocycles. The number of piperazine rings is 1. The summed E-state index contributed by atoms with van der Waals surface area (Å²) in [5, 5.41) is 10.7. The second kappa shape index (κ2) is 8.75. The number of benzene rings is 2. The molecule has 1 aliphatic heterocycles. The number of nitrogens with zero attached hydrogens (tertiary/aromatic N) is 4. The van der Waals surface area contributed by atoms with Crippen molar-refractivity contribution in [2.45, 2.75) is 13.8 Å². The van der Waals surface area contributed by atoms with Crippen molar-refractivity contribution >= 4 is 22.6 Å². The van der Waals surface area contributed by atoms with Crippen molar-refractivity contribution in [1.29, 1.82) is 5.26 Å². The van der Waals surface area contributed by atoms with Crippen LogP contribution in [-0.4, -0.2) is 56.2 Å². The third-order valence-corrected chi connectivity index (χ3v) is 6.08. The normalized spacial score (nSPS) is 13.7. The Kier molecular flexibility index (Phi) is 5.87. The minimum absolute atomic E-state index is 0.0692. The summed E-state index contributed by atoms with van der Waals surface area (Å²) in [7, 11) is 3.13. The molecule has 0 saturated carbocycles. The lowest BCUT2D eigenvalue weighted by molar-refractivity contribution is 0.0745. The van der Waals surface area contributed by atoms with Gasteiger partial charge in [-0.2, -0.15) is 5.26 Å². The van der Waals surface area contributed by atoms with Crippen molar-refractivity contribution in [3.8, 4) is 17.6 Å². The zero-order chi connectivity index (χ0) is 22.8. The van der Waals surface area contributed by atoms with Gasteiger partial charge in [0.2, 0.25) is 0 Å². The molecule has 1 aliphatic rings. The van der Waals surface area contributed by atoms with Gasteiger partial charge in [0.25, 0.3) is 5.91 Å². The predicted molar refractivity (Wildman–Crippen MR) is 124 cm³/mol. The van der Waals surface area contributed by atoms with Crippen molar-refractivity contribution < 1.29 is 14.3 Å². The molecule has 2 aromatic carbocycles. The highest BCUT2D eigenvalue weighted by molar-refractivity contribution is 5.95. The van der Waals surface area contributed by atoms with Gasteiger partial charge in [-0.1, -0.05) is 12.1 Å². The highest BCUT2D eigenvalue weighted by atomic mass is 16.5. The molecular weight excluding hydrogens is 404 g/mol. The van der Waals surface area contributed by atoms with Crippen molar-refractivity contribution in [2.75, 3.05) is 45.3 Å². The number of carbonyl (C=O) groups is 1. The van der Waals surface area contributed by atoms with Gasteiger partial charge in [-0.15, -0.1) is 0 Å². The topological polar surface area (TPSA) is 78.7 Å². The van der Waals surface area contributed by atoms with Crippen LogP contribution >= 0.6 is 0 Å². The van der Waals surface area contributed by atoms with E-state index < -0.39 is 0 Å². The Morgan fingerprint density at radius 2 is 1.66 bits per heavy atom. The zero-order valence-corrected chi connectivity index (χ0v) is 18.8.